The molecule has 2 aliphatic heterocycles. The van der Waals surface area contributed by atoms with Gasteiger partial charge in [0.05, 0.1) is 0 Å². The highest BCUT2D eigenvalue weighted by Gasteiger charge is 2.27. The van der Waals surface area contributed by atoms with Crippen LogP contribution in [0.1, 0.15) is 73.9 Å². The number of nitrogens with zero attached hydrogens (tertiary/aromatic N) is 5. The van der Waals surface area contributed by atoms with Crippen molar-refractivity contribution in [3.05, 3.63) is 65.4 Å². The zero-order chi connectivity index (χ0) is 33.6. The number of hydrogen-bond donors (Lipinski definition) is 1. The Morgan fingerprint density at radius 3 is 2.57 bits per heavy atom. The Hall–Kier alpha value is -4.21. The maximum Gasteiger partial charge on any atom is 0.410 e. The fourth-order valence-corrected chi connectivity index (χ4v) is 6.01. The summed E-state index contributed by atoms with van der Waals surface area (Å²) in [7, 11) is -1.30. The summed E-state index contributed by atoms with van der Waals surface area (Å²) >= 11 is 0. The topological polar surface area (TPSA) is 130 Å². The van der Waals surface area contributed by atoms with Gasteiger partial charge >= 0.3 is 6.09 Å². The van der Waals surface area contributed by atoms with E-state index in [1.54, 1.807) is 21.3 Å². The van der Waals surface area contributed by atoms with Crippen LogP contribution in [0.4, 0.5) is 10.5 Å². The first kappa shape index (κ1) is 34.7. The zero-order valence-electron chi connectivity index (χ0n) is 28.1. The van der Waals surface area contributed by atoms with E-state index in [-0.39, 0.29) is 36.2 Å². The number of anilines is 1. The van der Waals surface area contributed by atoms with Crippen LogP contribution in [0.25, 0.3) is 5.57 Å². The van der Waals surface area contributed by atoms with E-state index in [2.05, 4.69) is 36.0 Å². The summed E-state index contributed by atoms with van der Waals surface area (Å²) in [5.74, 6) is -0.315. The number of benzene rings is 1. The highest BCUT2D eigenvalue weighted by atomic mass is 28.3. The number of hydrogen-bond acceptors (Lipinski definition) is 7. The van der Waals surface area contributed by atoms with Crippen molar-refractivity contribution in [3.8, 4) is 6.07 Å². The molecule has 246 valence electrons. The Bertz CT molecular complexity index is 1560. The van der Waals surface area contributed by atoms with Crippen LogP contribution in [-0.2, 0) is 21.0 Å². The molecule has 0 saturated carbocycles. The van der Waals surface area contributed by atoms with Crippen molar-refractivity contribution in [2.45, 2.75) is 84.5 Å². The number of rotatable bonds is 9. The molecule has 46 heavy (non-hydrogen) atoms. The van der Waals surface area contributed by atoms with Gasteiger partial charge in [-0.1, -0.05) is 37.9 Å². The minimum atomic E-state index is -1.30. The second kappa shape index (κ2) is 14.5. The number of aromatic nitrogens is 2. The van der Waals surface area contributed by atoms with Crippen LogP contribution in [0, 0.1) is 11.3 Å². The second-order valence-corrected chi connectivity index (χ2v) is 19.6. The molecule has 3 amide bonds. The van der Waals surface area contributed by atoms with E-state index in [0.717, 1.165) is 29.2 Å². The molecular weight excluding hydrogens is 600 g/mol. The normalized spacial score (nSPS) is 16.9. The molecule has 0 spiro atoms. The smallest absolute Gasteiger partial charge is 0.410 e. The minimum absolute atomic E-state index is 0.00224. The van der Waals surface area contributed by atoms with Gasteiger partial charge in [0.15, 0.2) is 5.69 Å². The molecule has 11 nitrogen and oxygen atoms in total. The van der Waals surface area contributed by atoms with Gasteiger partial charge in [0.2, 0.25) is 11.7 Å². The molecule has 0 saturated heterocycles. The van der Waals surface area contributed by atoms with Crippen molar-refractivity contribution in [3.63, 3.8) is 0 Å². The molecule has 1 aromatic heterocycles. The van der Waals surface area contributed by atoms with E-state index in [1.165, 1.54) is 6.20 Å². The Labute approximate surface area is 272 Å². The van der Waals surface area contributed by atoms with Crippen LogP contribution >= 0.6 is 0 Å². The molecule has 2 aliphatic rings. The van der Waals surface area contributed by atoms with E-state index < -0.39 is 19.6 Å². The van der Waals surface area contributed by atoms with Gasteiger partial charge in [-0.05, 0) is 62.9 Å². The summed E-state index contributed by atoms with van der Waals surface area (Å²) < 4.78 is 13.1. The van der Waals surface area contributed by atoms with Crippen molar-refractivity contribution < 1.29 is 23.9 Å². The number of allylic oxidation sites excluding steroid dienone is 1. The van der Waals surface area contributed by atoms with Crippen LogP contribution in [0.15, 0.2) is 42.7 Å². The lowest BCUT2D eigenvalue weighted by atomic mass is 9.89. The molecule has 1 unspecified atom stereocenters. The zero-order valence-corrected chi connectivity index (χ0v) is 29.1. The predicted octanol–water partition coefficient (Wildman–Crippen LogP) is 6.19. The first-order chi connectivity index (χ1) is 21.6. The standard InChI is InChI=1S/C34H46N6O5Si/c1-24(41)38-15-12-25(13-16-38)26-10-11-30(29(19-26)27-9-8-14-39(21-27)33(43)45-34(2,3)4)37-32(42)31-36-28(20-35)22-40(31)23-44-17-18-46(5,6)7/h9-12,15,19,22,25H,8,13-14,16-18,21,23H2,1-7H3,(H,37,42). The lowest BCUT2D eigenvalue weighted by molar-refractivity contribution is -0.126. The van der Waals surface area contributed by atoms with Crippen molar-refractivity contribution >= 4 is 37.2 Å². The van der Waals surface area contributed by atoms with Gasteiger partial charge in [-0.2, -0.15) is 5.26 Å². The number of nitrogens with one attached hydrogen (secondary N) is 1. The summed E-state index contributed by atoms with van der Waals surface area (Å²) in [6, 6.07) is 8.88. The molecule has 0 aliphatic carbocycles. The van der Waals surface area contributed by atoms with Gasteiger partial charge < -0.3 is 29.2 Å². The lowest BCUT2D eigenvalue weighted by Crippen LogP contribution is -2.39. The second-order valence-electron chi connectivity index (χ2n) is 14.0. The van der Waals surface area contributed by atoms with Crippen molar-refractivity contribution in [2.24, 2.45) is 0 Å². The third-order valence-electron chi connectivity index (χ3n) is 7.77. The molecule has 0 radical (unpaired) electrons. The third kappa shape index (κ3) is 9.40. The first-order valence-electron chi connectivity index (χ1n) is 15.8. The number of imidazole rings is 1. The largest absolute Gasteiger partial charge is 0.444 e. The molecule has 0 bridgehead atoms. The average molecular weight is 647 g/mol. The quantitative estimate of drug-likeness (QED) is 0.254. The molecule has 1 aromatic carbocycles. The van der Waals surface area contributed by atoms with Gasteiger partial charge in [0, 0.05) is 70.8 Å². The van der Waals surface area contributed by atoms with Gasteiger partial charge in [0.1, 0.15) is 18.4 Å². The SMILES string of the molecule is CC(=O)N1C=CC(c2ccc(NC(=O)c3nc(C#N)cn3COCC[Si](C)(C)C)c(C3=CCCN(C(=O)OC(C)(C)C)C3)c2)CC1. The van der Waals surface area contributed by atoms with Crippen molar-refractivity contribution in [1.29, 1.82) is 5.26 Å². The lowest BCUT2D eigenvalue weighted by Gasteiger charge is -2.31. The molecule has 0 fully saturated rings. The van der Waals surface area contributed by atoms with Gasteiger partial charge in [-0.15, -0.1) is 0 Å². The maximum atomic E-state index is 13.7. The van der Waals surface area contributed by atoms with E-state index in [9.17, 15) is 19.6 Å². The van der Waals surface area contributed by atoms with E-state index >= 15 is 0 Å². The summed E-state index contributed by atoms with van der Waals surface area (Å²) in [6.07, 6.45) is 8.46. The van der Waals surface area contributed by atoms with Crippen molar-refractivity contribution in [1.82, 2.24) is 19.4 Å². The average Bonchev–Trinajstić information content (AvgIpc) is 3.42. The number of amides is 3. The molecule has 4 rings (SSSR count). The fourth-order valence-electron chi connectivity index (χ4n) is 5.25. The van der Waals surface area contributed by atoms with Crippen molar-refractivity contribution in [2.75, 3.05) is 31.6 Å². The summed E-state index contributed by atoms with van der Waals surface area (Å²) in [6.45, 7) is 16.0. The predicted molar refractivity (Wildman–Crippen MR) is 180 cm³/mol. The van der Waals surface area contributed by atoms with Crippen LogP contribution in [-0.4, -0.2) is 77.2 Å². The van der Waals surface area contributed by atoms with Crippen LogP contribution < -0.4 is 5.32 Å². The summed E-state index contributed by atoms with van der Waals surface area (Å²) in [4.78, 5) is 46.2. The highest BCUT2D eigenvalue weighted by Crippen LogP contribution is 2.34. The first-order valence-corrected chi connectivity index (χ1v) is 19.5. The Kier molecular flexibility index (Phi) is 10.9. The molecule has 12 heteroatoms. The van der Waals surface area contributed by atoms with Crippen LogP contribution in [0.3, 0.4) is 0 Å². The molecule has 2 aromatic rings. The van der Waals surface area contributed by atoms with Gasteiger partial charge in [-0.25, -0.2) is 9.78 Å². The Morgan fingerprint density at radius 2 is 1.93 bits per heavy atom. The summed E-state index contributed by atoms with van der Waals surface area (Å²) in [5.41, 5.74) is 2.76. The van der Waals surface area contributed by atoms with Crippen LogP contribution in [0.5, 0.6) is 0 Å². The number of nitriles is 1. The minimum Gasteiger partial charge on any atom is -0.444 e. The highest BCUT2D eigenvalue weighted by molar-refractivity contribution is 6.76. The molecular formula is C34H46N6O5Si. The fraction of sp³-hybridized carbons (Fsp3) is 0.500. The summed E-state index contributed by atoms with van der Waals surface area (Å²) in [5, 5.41) is 12.5. The third-order valence-corrected chi connectivity index (χ3v) is 9.48. The number of carbonyl (C=O) groups excluding carboxylic acids is 3. The monoisotopic (exact) mass is 646 g/mol. The molecule has 1 atom stereocenters. The Morgan fingerprint density at radius 1 is 1.17 bits per heavy atom. The molecule has 1 N–H and O–H groups in total. The maximum absolute atomic E-state index is 13.7. The van der Waals surface area contributed by atoms with E-state index in [4.69, 9.17) is 9.47 Å². The van der Waals surface area contributed by atoms with Crippen LogP contribution in [0.2, 0.25) is 25.7 Å². The number of ether oxygens (including phenoxy) is 2. The Balaban J connectivity index is 1.63. The van der Waals surface area contributed by atoms with E-state index in [0.29, 0.717) is 38.3 Å². The van der Waals surface area contributed by atoms with Gasteiger partial charge in [0.25, 0.3) is 5.91 Å². The van der Waals surface area contributed by atoms with Gasteiger partial charge in [-0.3, -0.25) is 9.59 Å². The van der Waals surface area contributed by atoms with E-state index in [1.807, 2.05) is 57.3 Å². The number of carbonyl (C=O) groups is 3. The molecule has 3 heterocycles.